The molecule has 2 aromatic rings. The first-order valence-electron chi connectivity index (χ1n) is 8.88. The normalized spacial score (nSPS) is 15.1. The number of sulfonamides is 1. The lowest BCUT2D eigenvalue weighted by Gasteiger charge is -2.15. The Morgan fingerprint density at radius 2 is 1.67 bits per heavy atom. The van der Waals surface area contributed by atoms with Crippen molar-refractivity contribution in [2.75, 3.05) is 6.54 Å². The fraction of sp³-hybridized carbons (Fsp3) is 0.471. The van der Waals surface area contributed by atoms with Gasteiger partial charge in [-0.3, -0.25) is 4.68 Å². The average Bonchev–Trinajstić information content (AvgIpc) is 3.00. The molecule has 1 aliphatic carbocycles. The Labute approximate surface area is 167 Å². The van der Waals surface area contributed by atoms with Gasteiger partial charge in [-0.25, -0.2) is 13.1 Å². The van der Waals surface area contributed by atoms with Gasteiger partial charge in [-0.05, 0) is 49.9 Å². The second-order valence-electron chi connectivity index (χ2n) is 6.62. The highest BCUT2D eigenvalue weighted by Gasteiger charge is 2.39. The van der Waals surface area contributed by atoms with E-state index in [4.69, 9.17) is 0 Å². The molecule has 1 aliphatic rings. The Hall–Kier alpha value is -2.28. The highest BCUT2D eigenvalue weighted by atomic mass is 32.2. The molecule has 0 radical (unpaired) electrons. The number of benzene rings is 1. The van der Waals surface area contributed by atoms with E-state index in [-0.39, 0.29) is 30.0 Å². The van der Waals surface area contributed by atoms with E-state index in [0.29, 0.717) is 25.0 Å². The lowest BCUT2D eigenvalue weighted by Crippen LogP contribution is -2.28. The summed E-state index contributed by atoms with van der Waals surface area (Å²) in [7, 11) is -4.08. The average molecular weight is 457 g/mol. The number of halogens is 6. The van der Waals surface area contributed by atoms with Crippen molar-refractivity contribution >= 4 is 10.0 Å². The maximum atomic E-state index is 13.2. The van der Waals surface area contributed by atoms with Gasteiger partial charge in [0.2, 0.25) is 10.0 Å². The maximum Gasteiger partial charge on any atom is 0.573 e. The zero-order chi connectivity index (χ0) is 22.2. The van der Waals surface area contributed by atoms with Gasteiger partial charge < -0.3 is 4.74 Å². The van der Waals surface area contributed by atoms with Crippen molar-refractivity contribution in [1.82, 2.24) is 14.5 Å². The SMILES string of the molecule is O=S(=O)(NCCn1nc(C(F)(F)F)c2c1CCCC2)c1ccc(OC(F)(F)F)cc1. The van der Waals surface area contributed by atoms with Gasteiger partial charge in [0.25, 0.3) is 0 Å². The van der Waals surface area contributed by atoms with E-state index < -0.39 is 34.0 Å². The largest absolute Gasteiger partial charge is 0.573 e. The number of ether oxygens (including phenoxy) is 1. The number of rotatable bonds is 6. The number of hydrogen-bond donors (Lipinski definition) is 1. The van der Waals surface area contributed by atoms with Crippen LogP contribution in [0, 0.1) is 0 Å². The van der Waals surface area contributed by atoms with Gasteiger partial charge in [-0.1, -0.05) is 0 Å². The first-order chi connectivity index (χ1) is 13.9. The minimum absolute atomic E-state index is 0.118. The van der Waals surface area contributed by atoms with Gasteiger partial charge in [0.05, 0.1) is 11.4 Å². The van der Waals surface area contributed by atoms with Crippen molar-refractivity contribution in [1.29, 1.82) is 0 Å². The second kappa shape index (κ2) is 8.10. The molecule has 0 fully saturated rings. The third-order valence-corrected chi connectivity index (χ3v) is 5.99. The standard InChI is InChI=1S/C17H17F6N3O3S/c18-16(19,20)15-13-3-1-2-4-14(13)26(25-15)10-9-24-30(27,28)12-7-5-11(6-8-12)29-17(21,22)23/h5-8,24H,1-4,9-10H2. The van der Waals surface area contributed by atoms with Crippen LogP contribution in [0.15, 0.2) is 29.2 Å². The van der Waals surface area contributed by atoms with E-state index in [2.05, 4.69) is 14.6 Å². The molecule has 0 bridgehead atoms. The van der Waals surface area contributed by atoms with E-state index in [1.807, 2.05) is 0 Å². The van der Waals surface area contributed by atoms with E-state index >= 15 is 0 Å². The van der Waals surface area contributed by atoms with Gasteiger partial charge >= 0.3 is 12.5 Å². The molecule has 166 valence electrons. The van der Waals surface area contributed by atoms with E-state index in [1.165, 1.54) is 4.68 Å². The predicted octanol–water partition coefficient (Wildman–Crippen LogP) is 3.66. The Morgan fingerprint density at radius 3 is 2.27 bits per heavy atom. The molecule has 1 aromatic heterocycles. The first-order valence-corrected chi connectivity index (χ1v) is 10.4. The van der Waals surface area contributed by atoms with Crippen LogP contribution in [0.4, 0.5) is 26.3 Å². The number of fused-ring (bicyclic) bond motifs is 1. The van der Waals surface area contributed by atoms with E-state index in [1.54, 1.807) is 0 Å². The van der Waals surface area contributed by atoms with Crippen molar-refractivity contribution in [2.24, 2.45) is 0 Å². The fourth-order valence-corrected chi connectivity index (χ4v) is 4.29. The molecule has 3 rings (SSSR count). The molecule has 0 aliphatic heterocycles. The number of alkyl halides is 6. The van der Waals surface area contributed by atoms with Gasteiger partial charge in [0.15, 0.2) is 5.69 Å². The summed E-state index contributed by atoms with van der Waals surface area (Å²) in [6, 6.07) is 3.56. The van der Waals surface area contributed by atoms with Crippen molar-refractivity contribution in [2.45, 2.75) is 49.7 Å². The summed E-state index contributed by atoms with van der Waals surface area (Å²) < 4.78 is 108. The van der Waals surface area contributed by atoms with Crippen LogP contribution in [0.5, 0.6) is 5.75 Å². The molecule has 0 spiro atoms. The van der Waals surface area contributed by atoms with Gasteiger partial charge in [-0.2, -0.15) is 18.3 Å². The van der Waals surface area contributed by atoms with Crippen LogP contribution in [0.25, 0.3) is 0 Å². The van der Waals surface area contributed by atoms with Crippen molar-refractivity contribution in [3.8, 4) is 5.75 Å². The second-order valence-corrected chi connectivity index (χ2v) is 8.39. The Balaban J connectivity index is 1.68. The van der Waals surface area contributed by atoms with Gasteiger partial charge in [-0.15, -0.1) is 13.2 Å². The Morgan fingerprint density at radius 1 is 1.03 bits per heavy atom. The molecule has 0 saturated heterocycles. The lowest BCUT2D eigenvalue weighted by molar-refractivity contribution is -0.274. The van der Waals surface area contributed by atoms with Crippen molar-refractivity contribution < 1.29 is 39.5 Å². The minimum Gasteiger partial charge on any atom is -0.406 e. The highest BCUT2D eigenvalue weighted by molar-refractivity contribution is 7.89. The number of nitrogens with one attached hydrogen (secondary N) is 1. The number of aromatic nitrogens is 2. The molecule has 1 N–H and O–H groups in total. The molecule has 13 heteroatoms. The third kappa shape index (κ3) is 5.25. The number of nitrogens with zero attached hydrogens (tertiary/aromatic N) is 2. The molecule has 0 amide bonds. The Bertz CT molecular complexity index is 997. The monoisotopic (exact) mass is 457 g/mol. The molecular formula is C17H17F6N3O3S. The van der Waals surface area contributed by atoms with Crippen LogP contribution in [0.2, 0.25) is 0 Å². The Kier molecular flexibility index (Phi) is 6.05. The van der Waals surface area contributed by atoms with Crippen LogP contribution in [0.3, 0.4) is 0 Å². The van der Waals surface area contributed by atoms with Gasteiger partial charge in [0, 0.05) is 17.8 Å². The van der Waals surface area contributed by atoms with Crippen molar-refractivity contribution in [3.05, 3.63) is 41.2 Å². The molecule has 30 heavy (non-hydrogen) atoms. The molecule has 0 saturated carbocycles. The summed E-state index contributed by atoms with van der Waals surface area (Å²) in [6.45, 7) is -0.360. The molecule has 1 heterocycles. The van der Waals surface area contributed by atoms with Crippen LogP contribution in [-0.4, -0.2) is 31.1 Å². The number of hydrogen-bond acceptors (Lipinski definition) is 4. The summed E-state index contributed by atoms with van der Waals surface area (Å²) in [6.07, 6.45) is -7.46. The lowest BCUT2D eigenvalue weighted by atomic mass is 9.95. The molecule has 6 nitrogen and oxygen atoms in total. The molecule has 1 aromatic carbocycles. The third-order valence-electron chi connectivity index (χ3n) is 4.51. The van der Waals surface area contributed by atoms with E-state index in [0.717, 1.165) is 24.3 Å². The first kappa shape index (κ1) is 22.4. The molecule has 0 atom stereocenters. The molecular weight excluding hydrogens is 440 g/mol. The topological polar surface area (TPSA) is 73.2 Å². The predicted molar refractivity (Wildman–Crippen MR) is 92.2 cm³/mol. The van der Waals surface area contributed by atoms with Crippen molar-refractivity contribution in [3.63, 3.8) is 0 Å². The molecule has 0 unspecified atom stereocenters. The summed E-state index contributed by atoms with van der Waals surface area (Å²) in [5.41, 5.74) is -0.349. The summed E-state index contributed by atoms with van der Waals surface area (Å²) in [5.74, 6) is -0.579. The maximum absolute atomic E-state index is 13.2. The fourth-order valence-electron chi connectivity index (χ4n) is 3.27. The summed E-state index contributed by atoms with van der Waals surface area (Å²) in [4.78, 5) is -0.310. The van der Waals surface area contributed by atoms with Crippen LogP contribution in [-0.2, 0) is 35.6 Å². The van der Waals surface area contributed by atoms with Crippen LogP contribution in [0.1, 0.15) is 29.8 Å². The summed E-state index contributed by atoms with van der Waals surface area (Å²) >= 11 is 0. The van der Waals surface area contributed by atoms with Crippen LogP contribution < -0.4 is 9.46 Å². The van der Waals surface area contributed by atoms with Gasteiger partial charge in [0.1, 0.15) is 5.75 Å². The smallest absolute Gasteiger partial charge is 0.406 e. The quantitative estimate of drug-likeness (QED) is 0.673. The minimum atomic E-state index is -4.91. The van der Waals surface area contributed by atoms with E-state index in [9.17, 15) is 34.8 Å². The summed E-state index contributed by atoms with van der Waals surface area (Å²) in [5, 5.41) is 3.63. The zero-order valence-corrected chi connectivity index (χ0v) is 16.2. The highest BCUT2D eigenvalue weighted by Crippen LogP contribution is 2.35. The van der Waals surface area contributed by atoms with Crippen LogP contribution >= 0.6 is 0 Å². The zero-order valence-electron chi connectivity index (χ0n) is 15.3.